The van der Waals surface area contributed by atoms with E-state index < -0.39 is 32.5 Å². The maximum absolute atomic E-state index is 13.0. The van der Waals surface area contributed by atoms with Gasteiger partial charge in [-0.3, -0.25) is 13.8 Å². The van der Waals surface area contributed by atoms with Crippen molar-refractivity contribution < 1.29 is 35.8 Å². The number of rotatable bonds is 12. The molecule has 220 valence electrons. The van der Waals surface area contributed by atoms with E-state index in [1.807, 2.05) is 18.2 Å². The van der Waals surface area contributed by atoms with Crippen molar-refractivity contribution in [2.45, 2.75) is 4.90 Å². The lowest BCUT2D eigenvalue weighted by Gasteiger charge is -2.22. The predicted octanol–water partition coefficient (Wildman–Crippen LogP) is 4.70. The van der Waals surface area contributed by atoms with Gasteiger partial charge in [0.1, 0.15) is 29.5 Å². The molecule has 0 radical (unpaired) electrons. The lowest BCUT2D eigenvalue weighted by atomic mass is 10.3. The molecule has 4 aromatic carbocycles. The van der Waals surface area contributed by atoms with Crippen molar-refractivity contribution in [2.75, 3.05) is 41.4 Å². The van der Waals surface area contributed by atoms with E-state index in [1.54, 1.807) is 36.4 Å². The van der Waals surface area contributed by atoms with Crippen molar-refractivity contribution in [3.05, 3.63) is 97.1 Å². The average molecular weight is 612 g/mol. The summed E-state index contributed by atoms with van der Waals surface area (Å²) in [7, 11) is -4.96. The van der Waals surface area contributed by atoms with Crippen LogP contribution in [0.2, 0.25) is 0 Å². The number of methoxy groups -OCH3 is 2. The minimum Gasteiger partial charge on any atom is -0.497 e. The number of carbonyl (C=O) groups is 1. The van der Waals surface area contributed by atoms with E-state index in [9.17, 15) is 21.6 Å². The first-order valence-corrected chi connectivity index (χ1v) is 15.8. The van der Waals surface area contributed by atoms with Gasteiger partial charge in [0.25, 0.3) is 10.0 Å². The Hall–Kier alpha value is -4.75. The summed E-state index contributed by atoms with van der Waals surface area (Å²) < 4.78 is 70.5. The third kappa shape index (κ3) is 7.71. The standard InChI is InChI=1S/C29H29N3O8S2/c1-38-25-15-18-28(39-2)27(19-25)31-42(36,37)26-16-9-21(10-17-26)30-29(33)20-32(41(3,34)35)22-11-13-24(14-12-22)40-23-7-5-4-6-8-23/h4-19,31H,20H2,1-3H3,(H,30,33). The van der Waals surface area contributed by atoms with Crippen LogP contribution in [0.15, 0.2) is 102 Å². The number of para-hydroxylation sites is 1. The summed E-state index contributed by atoms with van der Waals surface area (Å²) in [5, 5.41) is 2.60. The Morgan fingerprint density at radius 2 is 1.38 bits per heavy atom. The van der Waals surface area contributed by atoms with Gasteiger partial charge in [-0.2, -0.15) is 0 Å². The second-order valence-corrected chi connectivity index (χ2v) is 12.5. The van der Waals surface area contributed by atoms with Gasteiger partial charge in [-0.25, -0.2) is 16.8 Å². The Balaban J connectivity index is 1.43. The Bertz CT molecular complexity index is 1750. The molecule has 1 amide bonds. The molecule has 2 N–H and O–H groups in total. The van der Waals surface area contributed by atoms with Crippen LogP contribution in [0.1, 0.15) is 0 Å². The molecule has 0 fully saturated rings. The second-order valence-electron chi connectivity index (χ2n) is 8.92. The number of sulfonamides is 2. The van der Waals surface area contributed by atoms with Crippen molar-refractivity contribution in [1.82, 2.24) is 0 Å². The number of carbonyl (C=O) groups excluding carboxylic acids is 1. The summed E-state index contributed by atoms with van der Waals surface area (Å²) in [5.74, 6) is 1.24. The molecule has 4 rings (SSSR count). The number of nitrogens with one attached hydrogen (secondary N) is 2. The molecular formula is C29H29N3O8S2. The van der Waals surface area contributed by atoms with E-state index in [2.05, 4.69) is 10.0 Å². The molecule has 0 unspecified atom stereocenters. The average Bonchev–Trinajstić information content (AvgIpc) is 2.96. The summed E-state index contributed by atoms with van der Waals surface area (Å²) >= 11 is 0. The molecule has 42 heavy (non-hydrogen) atoms. The van der Waals surface area contributed by atoms with Crippen LogP contribution in [0.3, 0.4) is 0 Å². The molecule has 11 nitrogen and oxygen atoms in total. The first kappa shape index (κ1) is 30.2. The lowest BCUT2D eigenvalue weighted by Crippen LogP contribution is -2.37. The van der Waals surface area contributed by atoms with Crippen molar-refractivity contribution in [3.63, 3.8) is 0 Å². The second kappa shape index (κ2) is 12.8. The number of anilines is 3. The van der Waals surface area contributed by atoms with Gasteiger partial charge in [0.2, 0.25) is 15.9 Å². The molecule has 0 saturated heterocycles. The molecule has 0 bridgehead atoms. The van der Waals surface area contributed by atoms with E-state index in [0.717, 1.165) is 10.6 Å². The Labute approximate surface area is 244 Å². The van der Waals surface area contributed by atoms with Gasteiger partial charge >= 0.3 is 0 Å². The van der Waals surface area contributed by atoms with Crippen LogP contribution in [0.4, 0.5) is 17.1 Å². The zero-order valence-corrected chi connectivity index (χ0v) is 24.6. The van der Waals surface area contributed by atoms with Crippen LogP contribution in [-0.2, 0) is 24.8 Å². The molecule has 0 aliphatic heterocycles. The fourth-order valence-electron chi connectivity index (χ4n) is 3.85. The first-order valence-electron chi connectivity index (χ1n) is 12.4. The van der Waals surface area contributed by atoms with Gasteiger partial charge in [0.15, 0.2) is 0 Å². The van der Waals surface area contributed by atoms with Crippen molar-refractivity contribution in [1.29, 1.82) is 0 Å². The van der Waals surface area contributed by atoms with Crippen LogP contribution in [-0.4, -0.2) is 49.8 Å². The maximum atomic E-state index is 13.0. The minimum atomic E-state index is -4.01. The number of amides is 1. The van der Waals surface area contributed by atoms with Crippen LogP contribution < -0.4 is 28.6 Å². The molecule has 4 aromatic rings. The first-order chi connectivity index (χ1) is 20.0. The van der Waals surface area contributed by atoms with Crippen LogP contribution >= 0.6 is 0 Å². The summed E-state index contributed by atoms with van der Waals surface area (Å²) in [5.41, 5.74) is 0.737. The third-order valence-corrected chi connectivity index (χ3v) is 8.41. The Kier molecular flexibility index (Phi) is 9.23. The molecule has 0 aromatic heterocycles. The number of hydrogen-bond acceptors (Lipinski definition) is 8. The molecule has 0 spiro atoms. The molecule has 0 heterocycles. The molecule has 0 aliphatic rings. The Morgan fingerprint density at radius 1 is 0.762 bits per heavy atom. The monoisotopic (exact) mass is 611 g/mol. The van der Waals surface area contributed by atoms with Gasteiger partial charge in [0, 0.05) is 11.8 Å². The fourth-order valence-corrected chi connectivity index (χ4v) is 5.77. The van der Waals surface area contributed by atoms with E-state index >= 15 is 0 Å². The van der Waals surface area contributed by atoms with Gasteiger partial charge in [-0.05, 0) is 72.8 Å². The minimum absolute atomic E-state index is 0.0686. The third-order valence-electron chi connectivity index (χ3n) is 5.89. The maximum Gasteiger partial charge on any atom is 0.262 e. The van der Waals surface area contributed by atoms with Crippen LogP contribution in [0.5, 0.6) is 23.0 Å². The van der Waals surface area contributed by atoms with Gasteiger partial charge in [-0.15, -0.1) is 0 Å². The molecule has 0 atom stereocenters. The van der Waals surface area contributed by atoms with E-state index in [-0.39, 0.29) is 22.0 Å². The van der Waals surface area contributed by atoms with E-state index in [0.29, 0.717) is 23.0 Å². The highest BCUT2D eigenvalue weighted by molar-refractivity contribution is 7.92. The fraction of sp³-hybridized carbons (Fsp3) is 0.138. The van der Waals surface area contributed by atoms with Crippen LogP contribution in [0.25, 0.3) is 0 Å². The predicted molar refractivity (Wildman–Crippen MR) is 161 cm³/mol. The number of hydrogen-bond donors (Lipinski definition) is 2. The number of nitrogens with zero attached hydrogens (tertiary/aromatic N) is 1. The quantitative estimate of drug-likeness (QED) is 0.235. The molecule has 13 heteroatoms. The van der Waals surface area contributed by atoms with Crippen molar-refractivity contribution >= 4 is 43.0 Å². The van der Waals surface area contributed by atoms with Crippen molar-refractivity contribution in [3.8, 4) is 23.0 Å². The lowest BCUT2D eigenvalue weighted by molar-refractivity contribution is -0.114. The highest BCUT2D eigenvalue weighted by atomic mass is 32.2. The smallest absolute Gasteiger partial charge is 0.262 e. The van der Waals surface area contributed by atoms with E-state index in [4.69, 9.17) is 14.2 Å². The summed E-state index contributed by atoms with van der Waals surface area (Å²) in [6.45, 7) is -0.505. The van der Waals surface area contributed by atoms with Gasteiger partial charge in [-0.1, -0.05) is 18.2 Å². The Morgan fingerprint density at radius 3 is 1.98 bits per heavy atom. The number of benzene rings is 4. The summed E-state index contributed by atoms with van der Waals surface area (Å²) in [4.78, 5) is 12.7. The molecule has 0 aliphatic carbocycles. The topological polar surface area (TPSA) is 140 Å². The molecule has 0 saturated carbocycles. The highest BCUT2D eigenvalue weighted by Crippen LogP contribution is 2.31. The highest BCUT2D eigenvalue weighted by Gasteiger charge is 2.22. The summed E-state index contributed by atoms with van der Waals surface area (Å²) in [6, 6.07) is 25.5. The SMILES string of the molecule is COc1ccc(OC)c(NS(=O)(=O)c2ccc(NC(=O)CN(c3ccc(Oc4ccccc4)cc3)S(C)(=O)=O)cc2)c1. The van der Waals surface area contributed by atoms with E-state index in [1.165, 1.54) is 56.7 Å². The molecular weight excluding hydrogens is 582 g/mol. The largest absolute Gasteiger partial charge is 0.497 e. The zero-order valence-electron chi connectivity index (χ0n) is 23.0. The number of ether oxygens (including phenoxy) is 3. The van der Waals surface area contributed by atoms with Crippen LogP contribution in [0, 0.1) is 0 Å². The van der Waals surface area contributed by atoms with Gasteiger partial charge in [0.05, 0.1) is 36.7 Å². The zero-order chi connectivity index (χ0) is 30.3. The van der Waals surface area contributed by atoms with Gasteiger partial charge < -0.3 is 19.5 Å². The normalized spacial score (nSPS) is 11.3. The van der Waals surface area contributed by atoms with Crippen molar-refractivity contribution in [2.24, 2.45) is 0 Å². The summed E-state index contributed by atoms with van der Waals surface area (Å²) in [6.07, 6.45) is 0.999.